The van der Waals surface area contributed by atoms with Gasteiger partial charge < -0.3 is 4.90 Å². The predicted molar refractivity (Wildman–Crippen MR) is 146 cm³/mol. The largest absolute Gasteiger partial charge is 0.301 e. The smallest absolute Gasteiger partial charge is 0.280 e. The summed E-state index contributed by atoms with van der Waals surface area (Å²) in [5.41, 5.74) is 5.71. The summed E-state index contributed by atoms with van der Waals surface area (Å²) in [5.74, 6) is -2.34. The molecule has 2 aliphatic heterocycles. The molecule has 0 unspecified atom stereocenters. The highest BCUT2D eigenvalue weighted by atomic mass is 79.9. The van der Waals surface area contributed by atoms with E-state index in [4.69, 9.17) is 0 Å². The first-order chi connectivity index (χ1) is 18.4. The SMILES string of the molecule is O=C(CN1C(=O)CN=C(c2ccccc2)c2cc(Br)ccc21)NN1C(=O)c2cccc3cccc(c23)C1=O. The molecule has 1 N–H and O–H groups in total. The number of anilines is 1. The van der Waals surface area contributed by atoms with E-state index >= 15 is 0 Å². The molecule has 0 bridgehead atoms. The number of nitrogens with one attached hydrogen (secondary N) is 1. The van der Waals surface area contributed by atoms with Gasteiger partial charge in [0.05, 0.1) is 22.5 Å². The number of benzodiazepines with no additional fused rings is 1. The van der Waals surface area contributed by atoms with E-state index in [1.54, 1.807) is 36.4 Å². The van der Waals surface area contributed by atoms with Gasteiger partial charge >= 0.3 is 0 Å². The van der Waals surface area contributed by atoms with Gasteiger partial charge in [0.15, 0.2) is 0 Å². The second kappa shape index (κ2) is 9.35. The molecule has 4 amide bonds. The van der Waals surface area contributed by atoms with Crippen LogP contribution in [-0.4, -0.2) is 47.4 Å². The minimum Gasteiger partial charge on any atom is -0.301 e. The van der Waals surface area contributed by atoms with Crippen molar-refractivity contribution in [3.63, 3.8) is 0 Å². The maximum Gasteiger partial charge on any atom is 0.280 e. The van der Waals surface area contributed by atoms with E-state index < -0.39 is 24.3 Å². The average molecular weight is 567 g/mol. The molecule has 9 heteroatoms. The van der Waals surface area contributed by atoms with E-state index in [1.165, 1.54) is 4.90 Å². The number of amides is 4. The van der Waals surface area contributed by atoms with Crippen LogP contribution in [0.5, 0.6) is 0 Å². The Labute approximate surface area is 225 Å². The van der Waals surface area contributed by atoms with E-state index in [2.05, 4.69) is 26.3 Å². The van der Waals surface area contributed by atoms with Crippen molar-refractivity contribution in [2.24, 2.45) is 4.99 Å². The lowest BCUT2D eigenvalue weighted by Gasteiger charge is -2.28. The Morgan fingerprint density at radius 2 is 1.53 bits per heavy atom. The zero-order chi connectivity index (χ0) is 26.4. The summed E-state index contributed by atoms with van der Waals surface area (Å²) < 4.78 is 0.788. The fraction of sp³-hybridized carbons (Fsp3) is 0.0690. The van der Waals surface area contributed by atoms with Crippen molar-refractivity contribution in [2.45, 2.75) is 0 Å². The maximum absolute atomic E-state index is 13.2. The molecular weight excluding hydrogens is 548 g/mol. The van der Waals surface area contributed by atoms with Crippen LogP contribution >= 0.6 is 15.9 Å². The third-order valence-electron chi connectivity index (χ3n) is 6.54. The minimum atomic E-state index is -0.691. The Bertz CT molecular complexity index is 1650. The molecule has 4 aromatic carbocycles. The van der Waals surface area contributed by atoms with Crippen LogP contribution < -0.4 is 10.3 Å². The van der Waals surface area contributed by atoms with Gasteiger partial charge in [0, 0.05) is 21.0 Å². The Balaban J connectivity index is 1.30. The van der Waals surface area contributed by atoms with Crippen molar-refractivity contribution < 1.29 is 19.2 Å². The summed E-state index contributed by atoms with van der Waals surface area (Å²) >= 11 is 3.49. The average Bonchev–Trinajstić information content (AvgIpc) is 3.06. The number of hydrazine groups is 1. The Kier molecular flexibility index (Phi) is 5.84. The second-order valence-electron chi connectivity index (χ2n) is 8.86. The molecule has 0 spiro atoms. The highest BCUT2D eigenvalue weighted by Crippen LogP contribution is 2.31. The van der Waals surface area contributed by atoms with Gasteiger partial charge in [0.25, 0.3) is 17.7 Å². The Morgan fingerprint density at radius 3 is 2.21 bits per heavy atom. The van der Waals surface area contributed by atoms with Crippen LogP contribution in [-0.2, 0) is 9.59 Å². The number of hydrogen-bond acceptors (Lipinski definition) is 5. The van der Waals surface area contributed by atoms with Crippen LogP contribution in [0.2, 0.25) is 0 Å². The number of carbonyl (C=O) groups excluding carboxylic acids is 4. The van der Waals surface area contributed by atoms with E-state index in [-0.39, 0.29) is 12.5 Å². The molecule has 4 aromatic rings. The number of hydrogen-bond donors (Lipinski definition) is 1. The standard InChI is InChI=1S/C29H19BrN4O4/c30-19-12-13-23-22(14-19)27(18-6-2-1-3-7-18)31-15-25(36)33(23)16-24(35)32-34-28(37)20-10-4-8-17-9-5-11-21(26(17)20)29(34)38/h1-14H,15-16H2,(H,32,35). The quantitative estimate of drug-likeness (QED) is 0.376. The minimum absolute atomic E-state index is 0.166. The fourth-order valence-electron chi connectivity index (χ4n) is 4.84. The summed E-state index contributed by atoms with van der Waals surface area (Å²) in [6.07, 6.45) is 0. The molecule has 8 nitrogen and oxygen atoms in total. The summed E-state index contributed by atoms with van der Waals surface area (Å²) in [7, 11) is 0. The Hall–Kier alpha value is -4.63. The number of halogens is 1. The van der Waals surface area contributed by atoms with Crippen molar-refractivity contribution in [1.29, 1.82) is 0 Å². The number of imide groups is 1. The number of aliphatic imine (C=N–C) groups is 1. The summed E-state index contributed by atoms with van der Waals surface area (Å²) in [6, 6.07) is 25.2. The summed E-state index contributed by atoms with van der Waals surface area (Å²) in [4.78, 5) is 58.6. The lowest BCUT2D eigenvalue weighted by molar-refractivity contribution is -0.125. The summed E-state index contributed by atoms with van der Waals surface area (Å²) in [6.45, 7) is -0.575. The van der Waals surface area contributed by atoms with Crippen molar-refractivity contribution in [3.05, 3.63) is 112 Å². The number of benzene rings is 4. The van der Waals surface area contributed by atoms with Crippen molar-refractivity contribution in [3.8, 4) is 0 Å². The number of nitrogens with zero attached hydrogens (tertiary/aromatic N) is 3. The predicted octanol–water partition coefficient (Wildman–Crippen LogP) is 4.11. The van der Waals surface area contributed by atoms with Crippen LogP contribution in [0.25, 0.3) is 10.8 Å². The normalized spacial score (nSPS) is 14.8. The van der Waals surface area contributed by atoms with Crippen LogP contribution in [0, 0.1) is 0 Å². The number of carbonyl (C=O) groups is 4. The van der Waals surface area contributed by atoms with Crippen molar-refractivity contribution in [1.82, 2.24) is 10.4 Å². The monoisotopic (exact) mass is 566 g/mol. The topological polar surface area (TPSA) is 99.2 Å². The zero-order valence-corrected chi connectivity index (χ0v) is 21.4. The molecule has 0 aromatic heterocycles. The molecule has 0 radical (unpaired) electrons. The first kappa shape index (κ1) is 23.7. The molecule has 0 fully saturated rings. The second-order valence-corrected chi connectivity index (χ2v) is 9.78. The highest BCUT2D eigenvalue weighted by molar-refractivity contribution is 9.10. The van der Waals surface area contributed by atoms with Gasteiger partial charge in [-0.15, -0.1) is 0 Å². The van der Waals surface area contributed by atoms with Crippen LogP contribution in [0.3, 0.4) is 0 Å². The molecule has 38 heavy (non-hydrogen) atoms. The lowest BCUT2D eigenvalue weighted by Crippen LogP contribution is -2.54. The van der Waals surface area contributed by atoms with Gasteiger partial charge in [-0.3, -0.25) is 29.6 Å². The van der Waals surface area contributed by atoms with Gasteiger partial charge in [0.1, 0.15) is 13.1 Å². The molecule has 0 atom stereocenters. The van der Waals surface area contributed by atoms with Crippen LogP contribution in [0.1, 0.15) is 31.8 Å². The molecule has 186 valence electrons. The molecule has 2 heterocycles. The van der Waals surface area contributed by atoms with E-state index in [0.717, 1.165) is 20.4 Å². The van der Waals surface area contributed by atoms with Gasteiger partial charge in [-0.05, 0) is 35.7 Å². The molecular formula is C29H19BrN4O4. The molecule has 6 rings (SSSR count). The van der Waals surface area contributed by atoms with E-state index in [1.807, 2.05) is 48.5 Å². The summed E-state index contributed by atoms with van der Waals surface area (Å²) in [5, 5.41) is 2.04. The molecule has 0 aliphatic carbocycles. The highest BCUT2D eigenvalue weighted by Gasteiger charge is 2.35. The lowest BCUT2D eigenvalue weighted by atomic mass is 9.95. The Morgan fingerprint density at radius 1 is 0.842 bits per heavy atom. The number of rotatable bonds is 4. The van der Waals surface area contributed by atoms with E-state index in [9.17, 15) is 19.2 Å². The van der Waals surface area contributed by atoms with Gasteiger partial charge in [-0.2, -0.15) is 5.01 Å². The van der Waals surface area contributed by atoms with E-state index in [0.29, 0.717) is 33.5 Å². The third-order valence-corrected chi connectivity index (χ3v) is 7.03. The number of fused-ring (bicyclic) bond motifs is 1. The van der Waals surface area contributed by atoms with Gasteiger partial charge in [-0.1, -0.05) is 70.5 Å². The third kappa shape index (κ3) is 3.97. The fourth-order valence-corrected chi connectivity index (χ4v) is 5.20. The van der Waals surface area contributed by atoms with Crippen molar-refractivity contribution in [2.75, 3.05) is 18.0 Å². The van der Waals surface area contributed by atoms with Gasteiger partial charge in [-0.25, -0.2) is 0 Å². The zero-order valence-electron chi connectivity index (χ0n) is 19.8. The van der Waals surface area contributed by atoms with Gasteiger partial charge in [0.2, 0.25) is 5.91 Å². The molecule has 0 saturated heterocycles. The first-order valence-corrected chi connectivity index (χ1v) is 12.6. The van der Waals surface area contributed by atoms with Crippen molar-refractivity contribution >= 4 is 61.7 Å². The van der Waals surface area contributed by atoms with Crippen LogP contribution in [0.15, 0.2) is 94.4 Å². The molecule has 2 aliphatic rings. The molecule has 0 saturated carbocycles. The first-order valence-electron chi connectivity index (χ1n) is 11.8. The maximum atomic E-state index is 13.2. The van der Waals surface area contributed by atoms with Crippen LogP contribution in [0.4, 0.5) is 5.69 Å².